The summed E-state index contributed by atoms with van der Waals surface area (Å²) >= 11 is 0. The number of aryl methyl sites for hydroxylation is 1. The van der Waals surface area contributed by atoms with E-state index in [-0.39, 0.29) is 18.6 Å². The number of nitrogens with one attached hydrogen (secondary N) is 1. The molecule has 114 valence electrons. The van der Waals surface area contributed by atoms with Gasteiger partial charge in [0.25, 0.3) is 0 Å². The monoisotopic (exact) mass is 300 g/mol. The van der Waals surface area contributed by atoms with Crippen molar-refractivity contribution in [2.24, 2.45) is 7.05 Å². The van der Waals surface area contributed by atoms with Crippen LogP contribution in [0.1, 0.15) is 11.6 Å². The van der Waals surface area contributed by atoms with Gasteiger partial charge >= 0.3 is 0 Å². The molecule has 0 saturated heterocycles. The molecule has 0 spiro atoms. The number of nitrogen functional groups attached to an aromatic ring is 1. The minimum absolute atomic E-state index is 0.104. The first-order valence-corrected chi connectivity index (χ1v) is 6.66. The van der Waals surface area contributed by atoms with Gasteiger partial charge < -0.3 is 16.2 Å². The minimum Gasteiger partial charge on any atom is -0.394 e. The Morgan fingerprint density at radius 2 is 2.23 bits per heavy atom. The Morgan fingerprint density at radius 3 is 2.86 bits per heavy atom. The molecule has 9 nitrogen and oxygen atoms in total. The van der Waals surface area contributed by atoms with Gasteiger partial charge in [-0.05, 0) is 6.07 Å². The first kappa shape index (κ1) is 14.0. The smallest absolute Gasteiger partial charge is 0.224 e. The van der Waals surface area contributed by atoms with Crippen LogP contribution in [0.5, 0.6) is 0 Å². The van der Waals surface area contributed by atoms with Gasteiger partial charge in [0.1, 0.15) is 5.82 Å². The summed E-state index contributed by atoms with van der Waals surface area (Å²) in [5, 5.41) is 20.9. The maximum absolute atomic E-state index is 9.58. The molecule has 4 N–H and O–H groups in total. The van der Waals surface area contributed by atoms with Crippen molar-refractivity contribution in [2.75, 3.05) is 17.7 Å². The van der Waals surface area contributed by atoms with Crippen LogP contribution in [-0.4, -0.2) is 41.2 Å². The van der Waals surface area contributed by atoms with Gasteiger partial charge in [-0.3, -0.25) is 4.68 Å². The molecule has 0 aromatic carbocycles. The first-order valence-electron chi connectivity index (χ1n) is 6.66. The van der Waals surface area contributed by atoms with E-state index in [1.54, 1.807) is 40.1 Å². The molecule has 0 aliphatic rings. The van der Waals surface area contributed by atoms with E-state index in [4.69, 9.17) is 5.73 Å². The highest BCUT2D eigenvalue weighted by Crippen LogP contribution is 2.19. The van der Waals surface area contributed by atoms with Crippen LogP contribution >= 0.6 is 0 Å². The lowest BCUT2D eigenvalue weighted by Gasteiger charge is -2.16. The zero-order chi connectivity index (χ0) is 15.5. The molecule has 3 heterocycles. The zero-order valence-electron chi connectivity index (χ0n) is 12.0. The zero-order valence-corrected chi connectivity index (χ0v) is 12.0. The van der Waals surface area contributed by atoms with Crippen LogP contribution in [0.15, 0.2) is 36.9 Å². The van der Waals surface area contributed by atoms with Crippen LogP contribution < -0.4 is 11.1 Å². The highest BCUT2D eigenvalue weighted by molar-refractivity contribution is 5.47. The van der Waals surface area contributed by atoms with Crippen molar-refractivity contribution in [3.63, 3.8) is 0 Å². The van der Waals surface area contributed by atoms with Crippen LogP contribution in [0.3, 0.4) is 0 Å². The van der Waals surface area contributed by atoms with Gasteiger partial charge in [0.2, 0.25) is 5.95 Å². The summed E-state index contributed by atoms with van der Waals surface area (Å²) in [5.41, 5.74) is 6.59. The summed E-state index contributed by atoms with van der Waals surface area (Å²) in [7, 11) is 1.82. The van der Waals surface area contributed by atoms with Gasteiger partial charge in [-0.1, -0.05) is 0 Å². The molecule has 0 aliphatic heterocycles. The molecular formula is C13H16N8O. The molecule has 0 aliphatic carbocycles. The molecule has 1 atom stereocenters. The SMILES string of the molecule is Cn1cc([C@@H](CO)Nc2cc(-n3cccn3)nc(N)n2)cn1. The Morgan fingerprint density at radius 1 is 1.36 bits per heavy atom. The Bertz CT molecular complexity index is 751. The fourth-order valence-corrected chi connectivity index (χ4v) is 2.08. The highest BCUT2D eigenvalue weighted by Gasteiger charge is 2.14. The highest BCUT2D eigenvalue weighted by atomic mass is 16.3. The number of hydrogen-bond donors (Lipinski definition) is 3. The third-order valence-electron chi connectivity index (χ3n) is 3.10. The number of rotatable bonds is 5. The lowest BCUT2D eigenvalue weighted by molar-refractivity contribution is 0.276. The third kappa shape index (κ3) is 2.88. The molecule has 0 fully saturated rings. The van der Waals surface area contributed by atoms with Gasteiger partial charge in [0.15, 0.2) is 5.82 Å². The van der Waals surface area contributed by atoms with E-state index in [0.717, 1.165) is 5.56 Å². The standard InChI is InChI=1S/C13H16N8O/c1-20-7-9(6-16-20)10(8-22)17-11-5-12(19-13(14)18-11)21-4-2-3-15-21/h2-7,10,22H,8H2,1H3,(H3,14,17,18,19)/t10-/m1/s1. The number of nitrogens with two attached hydrogens (primary N) is 1. The van der Waals surface area contributed by atoms with Crippen LogP contribution in [0.4, 0.5) is 11.8 Å². The van der Waals surface area contributed by atoms with Crippen molar-refractivity contribution in [3.8, 4) is 5.82 Å². The number of hydrogen-bond acceptors (Lipinski definition) is 7. The summed E-state index contributed by atoms with van der Waals surface area (Å²) in [4.78, 5) is 8.27. The molecule has 0 amide bonds. The van der Waals surface area contributed by atoms with Crippen molar-refractivity contribution in [1.29, 1.82) is 0 Å². The minimum atomic E-state index is -0.339. The Kier molecular flexibility index (Phi) is 3.71. The van der Waals surface area contributed by atoms with Crippen LogP contribution in [0, 0.1) is 0 Å². The lowest BCUT2D eigenvalue weighted by Crippen LogP contribution is -2.16. The van der Waals surface area contributed by atoms with Crippen molar-refractivity contribution in [2.45, 2.75) is 6.04 Å². The third-order valence-corrected chi connectivity index (χ3v) is 3.10. The van der Waals surface area contributed by atoms with Gasteiger partial charge in [0.05, 0.1) is 18.8 Å². The van der Waals surface area contributed by atoms with Crippen molar-refractivity contribution >= 4 is 11.8 Å². The second-order valence-electron chi connectivity index (χ2n) is 4.75. The Hall–Kier alpha value is -2.94. The van der Waals surface area contributed by atoms with Gasteiger partial charge in [-0.25, -0.2) is 4.68 Å². The Balaban J connectivity index is 1.88. The molecule has 0 bridgehead atoms. The van der Waals surface area contributed by atoms with Crippen LogP contribution in [0.25, 0.3) is 5.82 Å². The second kappa shape index (κ2) is 5.82. The van der Waals surface area contributed by atoms with Crippen molar-refractivity contribution in [3.05, 3.63) is 42.5 Å². The maximum atomic E-state index is 9.58. The average molecular weight is 300 g/mol. The lowest BCUT2D eigenvalue weighted by atomic mass is 10.2. The summed E-state index contributed by atoms with van der Waals surface area (Å²) in [6.07, 6.45) is 6.92. The van der Waals surface area contributed by atoms with Gasteiger partial charge in [-0.15, -0.1) is 0 Å². The molecule has 0 unspecified atom stereocenters. The summed E-state index contributed by atoms with van der Waals surface area (Å²) < 4.78 is 3.25. The molecule has 0 radical (unpaired) electrons. The summed E-state index contributed by atoms with van der Waals surface area (Å²) in [6.45, 7) is -0.104. The van der Waals surface area contributed by atoms with E-state index in [1.807, 2.05) is 13.2 Å². The predicted octanol–water partition coefficient (Wildman–Crippen LogP) is 0.123. The molecule has 3 rings (SSSR count). The normalized spacial score (nSPS) is 12.3. The van der Waals surface area contributed by atoms with E-state index >= 15 is 0 Å². The summed E-state index contributed by atoms with van der Waals surface area (Å²) in [5.74, 6) is 1.17. The van der Waals surface area contributed by atoms with E-state index in [9.17, 15) is 5.11 Å². The fraction of sp³-hybridized carbons (Fsp3) is 0.231. The molecular weight excluding hydrogens is 284 g/mol. The molecule has 0 saturated carbocycles. The number of aliphatic hydroxyl groups excluding tert-OH is 1. The van der Waals surface area contributed by atoms with E-state index in [2.05, 4.69) is 25.5 Å². The van der Waals surface area contributed by atoms with E-state index in [0.29, 0.717) is 11.6 Å². The molecule has 3 aromatic heterocycles. The van der Waals surface area contributed by atoms with Crippen LogP contribution in [0.2, 0.25) is 0 Å². The number of aliphatic hydroxyl groups is 1. The van der Waals surface area contributed by atoms with Crippen molar-refractivity contribution < 1.29 is 5.11 Å². The Labute approximate surface area is 126 Å². The van der Waals surface area contributed by atoms with Crippen molar-refractivity contribution in [1.82, 2.24) is 29.5 Å². The fourth-order valence-electron chi connectivity index (χ4n) is 2.08. The van der Waals surface area contributed by atoms with Crippen LogP contribution in [-0.2, 0) is 7.05 Å². The molecule has 9 heteroatoms. The number of nitrogens with zero attached hydrogens (tertiary/aromatic N) is 6. The quantitative estimate of drug-likeness (QED) is 0.612. The van der Waals surface area contributed by atoms with Gasteiger partial charge in [0, 0.05) is 37.3 Å². The largest absolute Gasteiger partial charge is 0.394 e. The maximum Gasteiger partial charge on any atom is 0.224 e. The number of aromatic nitrogens is 6. The first-order chi connectivity index (χ1) is 10.7. The number of anilines is 2. The molecule has 22 heavy (non-hydrogen) atoms. The topological polar surface area (TPSA) is 120 Å². The van der Waals surface area contributed by atoms with Gasteiger partial charge in [-0.2, -0.15) is 20.2 Å². The summed E-state index contributed by atoms with van der Waals surface area (Å²) in [6, 6.07) is 3.16. The average Bonchev–Trinajstić information content (AvgIpc) is 3.15. The van der Waals surface area contributed by atoms with E-state index in [1.165, 1.54) is 0 Å². The second-order valence-corrected chi connectivity index (χ2v) is 4.75. The molecule has 3 aromatic rings. The predicted molar refractivity (Wildman–Crippen MR) is 80.2 cm³/mol. The van der Waals surface area contributed by atoms with E-state index < -0.39 is 0 Å².